The van der Waals surface area contributed by atoms with Crippen molar-refractivity contribution in [2.75, 3.05) is 11.9 Å². The summed E-state index contributed by atoms with van der Waals surface area (Å²) in [6.45, 7) is 11.1. The topological polar surface area (TPSA) is 59.9 Å². The molecule has 1 aromatic heterocycles. The third-order valence-electron chi connectivity index (χ3n) is 2.09. The fourth-order valence-corrected chi connectivity index (χ4v) is 1.38. The summed E-state index contributed by atoms with van der Waals surface area (Å²) >= 11 is 5.82. The van der Waals surface area contributed by atoms with Gasteiger partial charge in [-0.05, 0) is 37.3 Å². The molecule has 0 radical (unpaired) electrons. The van der Waals surface area contributed by atoms with E-state index in [0.717, 1.165) is 13.0 Å². The van der Waals surface area contributed by atoms with Gasteiger partial charge in [-0.2, -0.15) is 15.0 Å². The normalized spacial score (nSPS) is 11.7. The van der Waals surface area contributed by atoms with Crippen molar-refractivity contribution in [2.45, 2.75) is 47.1 Å². The van der Waals surface area contributed by atoms with Gasteiger partial charge in [0.15, 0.2) is 0 Å². The zero-order chi connectivity index (χ0) is 13.8. The number of hydrogen-bond donors (Lipinski definition) is 1. The molecule has 0 aliphatic heterocycles. The molecule has 1 rings (SSSR count). The molecule has 0 bridgehead atoms. The molecule has 5 nitrogen and oxygen atoms in total. The van der Waals surface area contributed by atoms with E-state index in [-0.39, 0.29) is 22.8 Å². The molecular weight excluding hydrogens is 252 g/mol. The first-order chi connectivity index (χ1) is 8.26. The van der Waals surface area contributed by atoms with Crippen LogP contribution in [0.15, 0.2) is 0 Å². The summed E-state index contributed by atoms with van der Waals surface area (Å²) in [6, 6.07) is 0.253. The first-order valence-electron chi connectivity index (χ1n) is 6.08. The molecule has 0 atom stereocenters. The van der Waals surface area contributed by atoms with E-state index in [0.29, 0.717) is 5.95 Å². The van der Waals surface area contributed by atoms with E-state index in [4.69, 9.17) is 16.3 Å². The van der Waals surface area contributed by atoms with Gasteiger partial charge in [-0.1, -0.05) is 20.8 Å². The van der Waals surface area contributed by atoms with Gasteiger partial charge < -0.3 is 10.1 Å². The summed E-state index contributed by atoms with van der Waals surface area (Å²) in [4.78, 5) is 12.1. The van der Waals surface area contributed by atoms with Crippen LogP contribution in [0.25, 0.3) is 0 Å². The summed E-state index contributed by atoms with van der Waals surface area (Å²) in [7, 11) is 0. The first-order valence-corrected chi connectivity index (χ1v) is 6.46. The summed E-state index contributed by atoms with van der Waals surface area (Å²) in [5.41, 5.74) is 0.265. The lowest BCUT2D eigenvalue weighted by Crippen LogP contribution is -2.15. The van der Waals surface area contributed by atoms with Gasteiger partial charge in [-0.15, -0.1) is 0 Å². The second-order valence-electron chi connectivity index (χ2n) is 5.61. The number of halogens is 1. The standard InChI is InChI=1S/C12H21ClN4O/c1-8(2)18-11-16-9(13)15-10(17-11)14-7-6-12(3,4)5/h8H,6-7H2,1-5H3,(H,14,15,16,17). The van der Waals surface area contributed by atoms with Crippen LogP contribution in [-0.4, -0.2) is 27.6 Å². The smallest absolute Gasteiger partial charge is 0.322 e. The number of ether oxygens (including phenoxy) is 1. The van der Waals surface area contributed by atoms with E-state index in [2.05, 4.69) is 41.0 Å². The Balaban J connectivity index is 2.62. The zero-order valence-electron chi connectivity index (χ0n) is 11.6. The lowest BCUT2D eigenvalue weighted by Gasteiger charge is -2.18. The highest BCUT2D eigenvalue weighted by Crippen LogP contribution is 2.18. The van der Waals surface area contributed by atoms with Crippen molar-refractivity contribution >= 4 is 17.5 Å². The molecule has 0 spiro atoms. The van der Waals surface area contributed by atoms with Crippen molar-refractivity contribution in [3.63, 3.8) is 0 Å². The van der Waals surface area contributed by atoms with Gasteiger partial charge in [0.05, 0.1) is 6.10 Å². The first kappa shape index (κ1) is 15.0. The average Bonchev–Trinajstić information content (AvgIpc) is 2.12. The maximum Gasteiger partial charge on any atom is 0.322 e. The van der Waals surface area contributed by atoms with Crippen LogP contribution in [0.3, 0.4) is 0 Å². The van der Waals surface area contributed by atoms with Crippen molar-refractivity contribution in [1.82, 2.24) is 15.0 Å². The SMILES string of the molecule is CC(C)Oc1nc(Cl)nc(NCCC(C)(C)C)n1. The Morgan fingerprint density at radius 1 is 1.22 bits per heavy atom. The van der Waals surface area contributed by atoms with Gasteiger partial charge in [-0.25, -0.2) is 0 Å². The Kier molecular flexibility index (Phi) is 5.14. The fraction of sp³-hybridized carbons (Fsp3) is 0.750. The second-order valence-corrected chi connectivity index (χ2v) is 5.95. The molecule has 102 valence electrons. The maximum absolute atomic E-state index is 5.82. The fourth-order valence-electron chi connectivity index (χ4n) is 1.22. The summed E-state index contributed by atoms with van der Waals surface area (Å²) < 4.78 is 5.40. The van der Waals surface area contributed by atoms with Crippen LogP contribution in [0.1, 0.15) is 41.0 Å². The molecule has 0 saturated heterocycles. The molecule has 0 aliphatic carbocycles. The summed E-state index contributed by atoms with van der Waals surface area (Å²) in [6.07, 6.45) is 1.02. The van der Waals surface area contributed by atoms with E-state index in [1.165, 1.54) is 0 Å². The third kappa shape index (κ3) is 6.00. The number of aromatic nitrogens is 3. The minimum Gasteiger partial charge on any atom is -0.461 e. The Hall–Kier alpha value is -1.10. The predicted molar refractivity (Wildman–Crippen MR) is 73.2 cm³/mol. The number of nitrogens with zero attached hydrogens (tertiary/aromatic N) is 3. The number of hydrogen-bond acceptors (Lipinski definition) is 5. The summed E-state index contributed by atoms with van der Waals surface area (Å²) in [5.74, 6) is 0.454. The molecule has 1 aromatic rings. The Bertz CT molecular complexity index is 390. The lowest BCUT2D eigenvalue weighted by atomic mass is 9.92. The average molecular weight is 273 g/mol. The van der Waals surface area contributed by atoms with Crippen LogP contribution in [-0.2, 0) is 0 Å². The van der Waals surface area contributed by atoms with Crippen molar-refractivity contribution in [2.24, 2.45) is 5.41 Å². The molecule has 1 heterocycles. The highest BCUT2D eigenvalue weighted by Gasteiger charge is 2.11. The Labute approximate surface area is 113 Å². The van der Waals surface area contributed by atoms with Crippen LogP contribution in [0.5, 0.6) is 6.01 Å². The maximum atomic E-state index is 5.82. The van der Waals surface area contributed by atoms with Crippen molar-refractivity contribution in [3.8, 4) is 6.01 Å². The van der Waals surface area contributed by atoms with Crippen molar-refractivity contribution in [3.05, 3.63) is 5.28 Å². The third-order valence-corrected chi connectivity index (χ3v) is 2.26. The van der Waals surface area contributed by atoms with Gasteiger partial charge in [0.1, 0.15) is 0 Å². The van der Waals surface area contributed by atoms with Crippen LogP contribution < -0.4 is 10.1 Å². The highest BCUT2D eigenvalue weighted by molar-refractivity contribution is 6.28. The van der Waals surface area contributed by atoms with E-state index < -0.39 is 0 Å². The molecular formula is C12H21ClN4O. The van der Waals surface area contributed by atoms with Crippen LogP contribution in [0.4, 0.5) is 5.95 Å². The van der Waals surface area contributed by atoms with Gasteiger partial charge in [0, 0.05) is 6.54 Å². The van der Waals surface area contributed by atoms with Gasteiger partial charge in [-0.3, -0.25) is 0 Å². The quantitative estimate of drug-likeness (QED) is 0.892. The van der Waals surface area contributed by atoms with Crippen LogP contribution in [0, 0.1) is 5.41 Å². The molecule has 0 saturated carbocycles. The Morgan fingerprint density at radius 2 is 1.89 bits per heavy atom. The molecule has 1 N–H and O–H groups in total. The minimum atomic E-state index is 0.00546. The largest absolute Gasteiger partial charge is 0.461 e. The van der Waals surface area contributed by atoms with Crippen LogP contribution >= 0.6 is 11.6 Å². The second kappa shape index (κ2) is 6.18. The molecule has 0 unspecified atom stereocenters. The monoisotopic (exact) mass is 272 g/mol. The minimum absolute atomic E-state index is 0.00546. The zero-order valence-corrected chi connectivity index (χ0v) is 12.4. The van der Waals surface area contributed by atoms with Gasteiger partial charge in [0.25, 0.3) is 0 Å². The summed E-state index contributed by atoms with van der Waals surface area (Å²) in [5, 5.41) is 3.27. The predicted octanol–water partition coefficient (Wildman–Crippen LogP) is 3.16. The molecule has 0 aliphatic rings. The Morgan fingerprint density at radius 3 is 2.44 bits per heavy atom. The molecule has 0 fully saturated rings. The number of anilines is 1. The van der Waals surface area contributed by atoms with Crippen LogP contribution in [0.2, 0.25) is 5.28 Å². The molecule has 18 heavy (non-hydrogen) atoms. The van der Waals surface area contributed by atoms with E-state index in [9.17, 15) is 0 Å². The lowest BCUT2D eigenvalue weighted by molar-refractivity contribution is 0.222. The highest BCUT2D eigenvalue weighted by atomic mass is 35.5. The molecule has 0 aromatic carbocycles. The molecule has 0 amide bonds. The number of nitrogens with one attached hydrogen (secondary N) is 1. The van der Waals surface area contributed by atoms with E-state index >= 15 is 0 Å². The molecule has 6 heteroatoms. The number of rotatable bonds is 5. The van der Waals surface area contributed by atoms with Gasteiger partial charge >= 0.3 is 6.01 Å². The van der Waals surface area contributed by atoms with Gasteiger partial charge in [0.2, 0.25) is 11.2 Å². The van der Waals surface area contributed by atoms with Crippen molar-refractivity contribution in [1.29, 1.82) is 0 Å². The van der Waals surface area contributed by atoms with E-state index in [1.54, 1.807) is 0 Å². The van der Waals surface area contributed by atoms with E-state index in [1.807, 2.05) is 13.8 Å². The van der Waals surface area contributed by atoms with Crippen molar-refractivity contribution < 1.29 is 4.74 Å².